The molecule has 7 nitrogen and oxygen atoms in total. The van der Waals surface area contributed by atoms with E-state index in [-0.39, 0.29) is 10.8 Å². The molecular formula is C25H19Cl2N3O4S2. The number of carbonyl (C=O) groups excluding carboxylic acids is 1. The lowest BCUT2D eigenvalue weighted by atomic mass is 9.93. The molecule has 3 aromatic carbocycles. The van der Waals surface area contributed by atoms with Crippen LogP contribution >= 0.6 is 34.5 Å². The summed E-state index contributed by atoms with van der Waals surface area (Å²) < 4.78 is 34.0. The number of nitrogens with one attached hydrogen (secondary N) is 1. The number of benzene rings is 3. The Morgan fingerprint density at radius 2 is 1.72 bits per heavy atom. The number of anilines is 2. The standard InChI is InChI=1S/C25H19Cl2N3O4S2/c1-34-21-9-5-3-7-18(21)23-22(27)24(31)30(23)25-28-20(14-35-25)17-6-2-4-8-19(17)29-36(32,33)16-12-10-15(26)11-13-16/h2-14,22-23,29H,1H3. The highest BCUT2D eigenvalue weighted by atomic mass is 35.5. The maximum Gasteiger partial charge on any atom is 0.261 e. The van der Waals surface area contributed by atoms with Crippen molar-refractivity contribution in [1.29, 1.82) is 0 Å². The van der Waals surface area contributed by atoms with Gasteiger partial charge in [0.05, 0.1) is 29.4 Å². The van der Waals surface area contributed by atoms with Gasteiger partial charge in [-0.25, -0.2) is 13.4 Å². The third-order valence-electron chi connectivity index (χ3n) is 5.76. The average Bonchev–Trinajstić information content (AvgIpc) is 3.36. The Morgan fingerprint density at radius 1 is 1.03 bits per heavy atom. The molecule has 11 heteroatoms. The molecule has 36 heavy (non-hydrogen) atoms. The van der Waals surface area contributed by atoms with Crippen molar-refractivity contribution in [3.63, 3.8) is 0 Å². The second-order valence-electron chi connectivity index (χ2n) is 7.92. The number of methoxy groups -OCH3 is 1. The molecule has 0 radical (unpaired) electrons. The van der Waals surface area contributed by atoms with Crippen LogP contribution in [0.5, 0.6) is 5.75 Å². The van der Waals surface area contributed by atoms with E-state index >= 15 is 0 Å². The van der Waals surface area contributed by atoms with E-state index in [1.807, 2.05) is 24.3 Å². The van der Waals surface area contributed by atoms with Crippen molar-refractivity contribution in [3.8, 4) is 17.0 Å². The second-order valence-corrected chi connectivity index (χ2v) is 11.3. The van der Waals surface area contributed by atoms with Crippen LogP contribution in [0.15, 0.2) is 83.1 Å². The molecular weight excluding hydrogens is 541 g/mol. The number of para-hydroxylation sites is 2. The summed E-state index contributed by atoms with van der Waals surface area (Å²) in [7, 11) is -2.30. The Kier molecular flexibility index (Phi) is 6.65. The molecule has 2 heterocycles. The number of amides is 1. The zero-order valence-corrected chi connectivity index (χ0v) is 21.9. The number of β-lactam (4-membered cyclic amide) rings is 1. The average molecular weight is 560 g/mol. The molecule has 1 N–H and O–H groups in total. The normalized spacial score (nSPS) is 17.5. The molecule has 0 spiro atoms. The first-order valence-corrected chi connectivity index (χ1v) is 13.9. The smallest absolute Gasteiger partial charge is 0.261 e. The predicted octanol–water partition coefficient (Wildman–Crippen LogP) is 5.97. The van der Waals surface area contributed by atoms with Crippen molar-refractivity contribution < 1.29 is 17.9 Å². The Balaban J connectivity index is 1.46. The number of ether oxygens (including phenoxy) is 1. The van der Waals surface area contributed by atoms with Gasteiger partial charge >= 0.3 is 0 Å². The predicted molar refractivity (Wildman–Crippen MR) is 143 cm³/mol. The van der Waals surface area contributed by atoms with Crippen molar-refractivity contribution in [3.05, 3.63) is 88.8 Å². The number of nitrogens with zero attached hydrogens (tertiary/aromatic N) is 2. The Labute approximate surface area is 222 Å². The van der Waals surface area contributed by atoms with Gasteiger partial charge in [-0.3, -0.25) is 14.4 Å². The molecule has 2 unspecified atom stereocenters. The van der Waals surface area contributed by atoms with Gasteiger partial charge in [0.1, 0.15) is 11.1 Å². The molecule has 1 aliphatic heterocycles. The Hall–Kier alpha value is -3.11. The van der Waals surface area contributed by atoms with Crippen LogP contribution in [-0.4, -0.2) is 31.8 Å². The van der Waals surface area contributed by atoms with Gasteiger partial charge in [-0.05, 0) is 36.4 Å². The van der Waals surface area contributed by atoms with Crippen LogP contribution in [-0.2, 0) is 14.8 Å². The van der Waals surface area contributed by atoms with Crippen LogP contribution in [0.25, 0.3) is 11.3 Å². The molecule has 0 saturated carbocycles. The summed E-state index contributed by atoms with van der Waals surface area (Å²) in [4.78, 5) is 19.0. The molecule has 5 rings (SSSR count). The first kappa shape index (κ1) is 24.6. The first-order valence-electron chi connectivity index (χ1n) is 10.7. The summed E-state index contributed by atoms with van der Waals surface area (Å²) in [6, 6.07) is 19.8. The molecule has 1 saturated heterocycles. The highest BCUT2D eigenvalue weighted by Gasteiger charge is 2.50. The van der Waals surface area contributed by atoms with Gasteiger partial charge in [-0.2, -0.15) is 0 Å². The molecule has 1 amide bonds. The minimum Gasteiger partial charge on any atom is -0.496 e. The highest BCUT2D eigenvalue weighted by molar-refractivity contribution is 7.92. The maximum absolute atomic E-state index is 13.0. The minimum absolute atomic E-state index is 0.0830. The van der Waals surface area contributed by atoms with Gasteiger partial charge in [-0.1, -0.05) is 48.0 Å². The van der Waals surface area contributed by atoms with Gasteiger partial charge in [0.2, 0.25) is 5.91 Å². The third-order valence-corrected chi connectivity index (χ3v) is 8.65. The molecule has 0 aliphatic carbocycles. The van der Waals surface area contributed by atoms with E-state index in [1.165, 1.54) is 35.6 Å². The molecule has 1 aromatic heterocycles. The summed E-state index contributed by atoms with van der Waals surface area (Å²) in [6.07, 6.45) is 0. The lowest BCUT2D eigenvalue weighted by Crippen LogP contribution is -2.56. The summed E-state index contributed by atoms with van der Waals surface area (Å²) in [5.74, 6) is 0.370. The lowest BCUT2D eigenvalue weighted by Gasteiger charge is -2.43. The fourth-order valence-corrected chi connectivity index (χ4v) is 6.41. The lowest BCUT2D eigenvalue weighted by molar-refractivity contribution is -0.123. The highest BCUT2D eigenvalue weighted by Crippen LogP contribution is 2.46. The number of halogens is 2. The van der Waals surface area contributed by atoms with Crippen LogP contribution in [0.4, 0.5) is 10.8 Å². The summed E-state index contributed by atoms with van der Waals surface area (Å²) in [5.41, 5.74) is 2.24. The number of carbonyl (C=O) groups is 1. The van der Waals surface area contributed by atoms with Gasteiger partial charge in [0.25, 0.3) is 10.0 Å². The van der Waals surface area contributed by atoms with Crippen molar-refractivity contribution in [1.82, 2.24) is 4.98 Å². The number of aromatic nitrogens is 1. The molecule has 2 atom stereocenters. The van der Waals surface area contributed by atoms with Gasteiger partial charge < -0.3 is 4.74 Å². The Morgan fingerprint density at radius 3 is 2.47 bits per heavy atom. The molecule has 1 fully saturated rings. The monoisotopic (exact) mass is 559 g/mol. The van der Waals surface area contributed by atoms with Gasteiger partial charge in [0, 0.05) is 21.5 Å². The van der Waals surface area contributed by atoms with Gasteiger partial charge in [0.15, 0.2) is 5.13 Å². The van der Waals surface area contributed by atoms with Crippen molar-refractivity contribution in [2.75, 3.05) is 16.7 Å². The van der Waals surface area contributed by atoms with E-state index in [2.05, 4.69) is 9.71 Å². The number of sulfonamides is 1. The number of thiazole rings is 1. The van der Waals surface area contributed by atoms with E-state index in [9.17, 15) is 13.2 Å². The third kappa shape index (κ3) is 4.43. The zero-order chi connectivity index (χ0) is 25.4. The SMILES string of the molecule is COc1ccccc1C1C(Cl)C(=O)N1c1nc(-c2ccccc2NS(=O)(=O)c2ccc(Cl)cc2)cs1. The number of rotatable bonds is 7. The van der Waals surface area contributed by atoms with E-state index < -0.39 is 21.4 Å². The summed E-state index contributed by atoms with van der Waals surface area (Å²) >= 11 is 13.6. The summed E-state index contributed by atoms with van der Waals surface area (Å²) in [5, 5.41) is 1.93. The summed E-state index contributed by atoms with van der Waals surface area (Å²) in [6.45, 7) is 0. The Bertz CT molecular complexity index is 1540. The first-order chi connectivity index (χ1) is 17.3. The van der Waals surface area contributed by atoms with Crippen LogP contribution in [0.2, 0.25) is 5.02 Å². The van der Waals surface area contributed by atoms with Crippen molar-refractivity contribution >= 4 is 61.3 Å². The topological polar surface area (TPSA) is 88.6 Å². The molecule has 0 bridgehead atoms. The molecule has 4 aromatic rings. The van der Waals surface area contributed by atoms with Crippen LogP contribution in [0.1, 0.15) is 11.6 Å². The van der Waals surface area contributed by atoms with Crippen LogP contribution < -0.4 is 14.4 Å². The van der Waals surface area contributed by atoms with E-state index in [0.717, 1.165) is 5.56 Å². The maximum atomic E-state index is 13.0. The van der Waals surface area contributed by atoms with E-state index in [4.69, 9.17) is 27.9 Å². The van der Waals surface area contributed by atoms with E-state index in [1.54, 1.807) is 41.7 Å². The number of hydrogen-bond donors (Lipinski definition) is 1. The van der Waals surface area contributed by atoms with Crippen LogP contribution in [0, 0.1) is 0 Å². The fraction of sp³-hybridized carbons (Fsp3) is 0.120. The number of alkyl halides is 1. The van der Waals surface area contributed by atoms with Gasteiger partial charge in [-0.15, -0.1) is 22.9 Å². The minimum atomic E-state index is -3.86. The van der Waals surface area contributed by atoms with E-state index in [0.29, 0.717) is 32.8 Å². The molecule has 1 aliphatic rings. The van der Waals surface area contributed by atoms with Crippen LogP contribution in [0.3, 0.4) is 0 Å². The number of hydrogen-bond acceptors (Lipinski definition) is 6. The largest absolute Gasteiger partial charge is 0.496 e. The van der Waals surface area contributed by atoms with Crippen molar-refractivity contribution in [2.24, 2.45) is 0 Å². The molecule has 184 valence electrons. The second kappa shape index (κ2) is 9.74. The quantitative estimate of drug-likeness (QED) is 0.222. The zero-order valence-electron chi connectivity index (χ0n) is 18.8. The van der Waals surface area contributed by atoms with Crippen molar-refractivity contribution in [2.45, 2.75) is 16.3 Å². The fourth-order valence-electron chi connectivity index (χ4n) is 3.99.